The van der Waals surface area contributed by atoms with E-state index in [9.17, 15) is 9.59 Å². The van der Waals surface area contributed by atoms with Gasteiger partial charge in [0, 0.05) is 25.0 Å². The number of carbonyl (C=O) groups excluding carboxylic acids is 2. The lowest BCUT2D eigenvalue weighted by molar-refractivity contribution is -0.131. The number of fused-ring (bicyclic) bond motifs is 1. The second-order valence-corrected chi connectivity index (χ2v) is 10.0. The molecule has 6 heteroatoms. The lowest BCUT2D eigenvalue weighted by Gasteiger charge is -2.26. The van der Waals surface area contributed by atoms with Crippen molar-refractivity contribution in [3.8, 4) is 0 Å². The summed E-state index contributed by atoms with van der Waals surface area (Å²) in [6.07, 6.45) is 3.19. The number of amides is 2. The average Bonchev–Trinajstić information content (AvgIpc) is 3.22. The maximum atomic E-state index is 12.9. The molecule has 1 aliphatic carbocycles. The largest absolute Gasteiger partial charge is 0.352 e. The van der Waals surface area contributed by atoms with Crippen LogP contribution >= 0.6 is 0 Å². The molecule has 1 saturated carbocycles. The molecule has 0 spiro atoms. The van der Waals surface area contributed by atoms with E-state index in [1.54, 1.807) is 0 Å². The number of likely N-dealkylation sites (tertiary alicyclic amines) is 1. The van der Waals surface area contributed by atoms with Gasteiger partial charge in [0.2, 0.25) is 11.8 Å². The van der Waals surface area contributed by atoms with Crippen molar-refractivity contribution >= 4 is 11.8 Å². The first-order valence-corrected chi connectivity index (χ1v) is 10.8. The summed E-state index contributed by atoms with van der Waals surface area (Å²) in [5, 5.41) is 3.17. The second-order valence-electron chi connectivity index (χ2n) is 10.0. The molecular formula is C23H36N4O2. The molecule has 160 valence electrons. The van der Waals surface area contributed by atoms with Crippen LogP contribution in [0.5, 0.6) is 0 Å². The van der Waals surface area contributed by atoms with Crippen molar-refractivity contribution in [2.45, 2.75) is 64.6 Å². The minimum atomic E-state index is -0.524. The van der Waals surface area contributed by atoms with Gasteiger partial charge in [0.25, 0.3) is 0 Å². The van der Waals surface area contributed by atoms with E-state index in [0.717, 1.165) is 24.9 Å². The van der Waals surface area contributed by atoms with E-state index in [1.165, 1.54) is 0 Å². The quantitative estimate of drug-likeness (QED) is 0.676. The van der Waals surface area contributed by atoms with Gasteiger partial charge in [-0.3, -0.25) is 9.59 Å². The lowest BCUT2D eigenvalue weighted by atomic mass is 9.88. The minimum Gasteiger partial charge on any atom is -0.352 e. The Morgan fingerprint density at radius 3 is 2.45 bits per heavy atom. The lowest BCUT2D eigenvalue weighted by Crippen LogP contribution is -2.49. The Kier molecular flexibility index (Phi) is 6.64. The third kappa shape index (κ3) is 5.58. The first kappa shape index (κ1) is 21.8. The van der Waals surface area contributed by atoms with Gasteiger partial charge < -0.3 is 21.7 Å². The van der Waals surface area contributed by atoms with Crippen molar-refractivity contribution in [1.82, 2.24) is 10.2 Å². The molecule has 1 heterocycles. The fraction of sp³-hybridized carbons (Fsp3) is 0.652. The van der Waals surface area contributed by atoms with Gasteiger partial charge in [-0.05, 0) is 42.6 Å². The highest BCUT2D eigenvalue weighted by Crippen LogP contribution is 2.38. The summed E-state index contributed by atoms with van der Waals surface area (Å²) in [5.74, 6) is 0.676. The van der Waals surface area contributed by atoms with Crippen LogP contribution in [0.2, 0.25) is 0 Å². The molecule has 2 aliphatic rings. The number of hydrogen-bond acceptors (Lipinski definition) is 4. The second kappa shape index (κ2) is 8.84. The standard InChI is InChI=1S/C23H36N4O2/c1-23(2,3)12-19(25)21(28)26-20-10-9-16-13-27(14-17(16)20)22(29)18(24)11-15-7-5-4-6-8-15/h4-8,16-20H,9-14,24-25H2,1-3H3,(H,26,28)/t16-,17+,18+,19?,20+/m1/s1. The third-order valence-corrected chi connectivity index (χ3v) is 6.28. The number of rotatable bonds is 6. The molecule has 5 atom stereocenters. The van der Waals surface area contributed by atoms with E-state index in [2.05, 4.69) is 26.1 Å². The molecule has 1 unspecified atom stereocenters. The van der Waals surface area contributed by atoms with Crippen LogP contribution in [-0.4, -0.2) is 47.9 Å². The molecule has 1 aromatic rings. The number of benzene rings is 1. The van der Waals surface area contributed by atoms with Crippen LogP contribution in [0.15, 0.2) is 30.3 Å². The monoisotopic (exact) mass is 400 g/mol. The zero-order valence-electron chi connectivity index (χ0n) is 17.9. The Balaban J connectivity index is 1.53. The SMILES string of the molecule is CC(C)(C)CC(N)C(=O)N[C@H]1CC[C@@H]2CN(C(=O)[C@@H](N)Cc3ccccc3)C[C@@H]21. The van der Waals surface area contributed by atoms with E-state index in [0.29, 0.717) is 31.2 Å². The Bertz CT molecular complexity index is 715. The van der Waals surface area contributed by atoms with Crippen LogP contribution in [0.4, 0.5) is 0 Å². The maximum absolute atomic E-state index is 12.9. The number of hydrogen-bond donors (Lipinski definition) is 3. The van der Waals surface area contributed by atoms with Crippen LogP contribution in [0, 0.1) is 17.3 Å². The van der Waals surface area contributed by atoms with Crippen LogP contribution in [0.25, 0.3) is 0 Å². The number of nitrogens with zero attached hydrogens (tertiary/aromatic N) is 1. The summed E-state index contributed by atoms with van der Waals surface area (Å²) < 4.78 is 0. The van der Waals surface area contributed by atoms with Crippen LogP contribution in [0.3, 0.4) is 0 Å². The Morgan fingerprint density at radius 1 is 1.10 bits per heavy atom. The molecule has 1 saturated heterocycles. The first-order valence-electron chi connectivity index (χ1n) is 10.8. The smallest absolute Gasteiger partial charge is 0.239 e. The van der Waals surface area contributed by atoms with Gasteiger partial charge in [-0.1, -0.05) is 51.1 Å². The summed E-state index contributed by atoms with van der Waals surface area (Å²) >= 11 is 0. The summed E-state index contributed by atoms with van der Waals surface area (Å²) in [6, 6.07) is 8.96. The molecule has 2 fully saturated rings. The molecule has 1 aromatic carbocycles. The predicted molar refractivity (Wildman–Crippen MR) is 115 cm³/mol. The van der Waals surface area contributed by atoms with Gasteiger partial charge in [-0.2, -0.15) is 0 Å². The highest BCUT2D eigenvalue weighted by molar-refractivity contribution is 5.83. The first-order chi connectivity index (χ1) is 13.6. The normalized spacial score (nSPS) is 26.1. The fourth-order valence-electron chi connectivity index (χ4n) is 4.86. The van der Waals surface area contributed by atoms with Crippen LogP contribution in [-0.2, 0) is 16.0 Å². The minimum absolute atomic E-state index is 0.0118. The number of carbonyl (C=O) groups is 2. The highest BCUT2D eigenvalue weighted by atomic mass is 16.2. The molecule has 1 aliphatic heterocycles. The van der Waals surface area contributed by atoms with Crippen LogP contribution in [0.1, 0.15) is 45.6 Å². The zero-order chi connectivity index (χ0) is 21.2. The molecule has 0 bridgehead atoms. The van der Waals surface area contributed by atoms with Gasteiger partial charge in [0.1, 0.15) is 0 Å². The summed E-state index contributed by atoms with van der Waals surface area (Å²) in [4.78, 5) is 27.3. The molecule has 0 aromatic heterocycles. The maximum Gasteiger partial charge on any atom is 0.239 e. The van der Waals surface area contributed by atoms with Crippen molar-refractivity contribution in [2.24, 2.45) is 28.7 Å². The molecule has 6 nitrogen and oxygen atoms in total. The van der Waals surface area contributed by atoms with Gasteiger partial charge in [0.05, 0.1) is 12.1 Å². The van der Waals surface area contributed by atoms with Crippen molar-refractivity contribution in [2.75, 3.05) is 13.1 Å². The third-order valence-electron chi connectivity index (χ3n) is 6.28. The molecular weight excluding hydrogens is 364 g/mol. The predicted octanol–water partition coefficient (Wildman–Crippen LogP) is 1.67. The van der Waals surface area contributed by atoms with E-state index in [-0.39, 0.29) is 23.3 Å². The van der Waals surface area contributed by atoms with E-state index < -0.39 is 12.1 Å². The average molecular weight is 401 g/mol. The van der Waals surface area contributed by atoms with Crippen LogP contribution < -0.4 is 16.8 Å². The molecule has 5 N–H and O–H groups in total. The number of nitrogens with one attached hydrogen (secondary N) is 1. The van der Waals surface area contributed by atoms with Crippen molar-refractivity contribution < 1.29 is 9.59 Å². The van der Waals surface area contributed by atoms with Crippen molar-refractivity contribution in [3.05, 3.63) is 35.9 Å². The van der Waals surface area contributed by atoms with E-state index in [1.807, 2.05) is 35.2 Å². The Hall–Kier alpha value is -1.92. The van der Waals surface area contributed by atoms with E-state index in [4.69, 9.17) is 11.5 Å². The fourth-order valence-corrected chi connectivity index (χ4v) is 4.86. The van der Waals surface area contributed by atoms with Gasteiger partial charge in [-0.15, -0.1) is 0 Å². The molecule has 3 rings (SSSR count). The molecule has 0 radical (unpaired) electrons. The number of nitrogens with two attached hydrogens (primary N) is 2. The summed E-state index contributed by atoms with van der Waals surface area (Å²) in [7, 11) is 0. The van der Waals surface area contributed by atoms with Crippen molar-refractivity contribution in [3.63, 3.8) is 0 Å². The van der Waals surface area contributed by atoms with Gasteiger partial charge in [0.15, 0.2) is 0 Å². The molecule has 2 amide bonds. The van der Waals surface area contributed by atoms with Gasteiger partial charge >= 0.3 is 0 Å². The molecule has 29 heavy (non-hydrogen) atoms. The zero-order valence-corrected chi connectivity index (χ0v) is 17.9. The summed E-state index contributed by atoms with van der Waals surface area (Å²) in [5.41, 5.74) is 13.4. The Labute approximate surface area is 174 Å². The van der Waals surface area contributed by atoms with Gasteiger partial charge in [-0.25, -0.2) is 0 Å². The Morgan fingerprint density at radius 2 is 1.79 bits per heavy atom. The summed E-state index contributed by atoms with van der Waals surface area (Å²) in [6.45, 7) is 7.68. The van der Waals surface area contributed by atoms with E-state index >= 15 is 0 Å². The van der Waals surface area contributed by atoms with Crippen molar-refractivity contribution in [1.29, 1.82) is 0 Å². The highest BCUT2D eigenvalue weighted by Gasteiger charge is 2.45. The topological polar surface area (TPSA) is 101 Å².